The fourth-order valence-electron chi connectivity index (χ4n) is 8.78. The minimum Gasteiger partial charge on any atom is -0.453 e. The number of aromatic nitrogens is 4. The number of nitrogens with zero attached hydrogens (tertiary/aromatic N) is 4. The Kier molecular flexibility index (Phi) is 9.50. The fourth-order valence-corrected chi connectivity index (χ4v) is 8.78. The van der Waals surface area contributed by atoms with E-state index in [9.17, 15) is 19.2 Å². The molecule has 4 aromatic rings. The summed E-state index contributed by atoms with van der Waals surface area (Å²) in [6.07, 6.45) is 6.76. The Morgan fingerprint density at radius 3 is 1.44 bits per heavy atom. The van der Waals surface area contributed by atoms with E-state index in [0.717, 1.165) is 71.0 Å². The molecule has 2 aromatic carbocycles. The van der Waals surface area contributed by atoms with Crippen LogP contribution >= 0.6 is 0 Å². The van der Waals surface area contributed by atoms with E-state index in [1.807, 2.05) is 49.9 Å². The van der Waals surface area contributed by atoms with Crippen LogP contribution in [0.25, 0.3) is 33.6 Å². The van der Waals surface area contributed by atoms with Gasteiger partial charge in [0.15, 0.2) is 0 Å². The average molecular weight is 747 g/mol. The Balaban J connectivity index is 0.933. The summed E-state index contributed by atoms with van der Waals surface area (Å²) in [7, 11) is 1.30. The van der Waals surface area contributed by atoms with E-state index < -0.39 is 18.2 Å². The zero-order valence-electron chi connectivity index (χ0n) is 32.2. The molecule has 2 aliphatic carbocycles. The van der Waals surface area contributed by atoms with Crippen LogP contribution in [0.15, 0.2) is 60.9 Å². The Hall–Kier alpha value is -5.46. The number of hydrogen-bond donors (Lipinski definition) is 4. The van der Waals surface area contributed by atoms with Gasteiger partial charge in [-0.05, 0) is 71.6 Å². The molecule has 0 unspecified atom stereocenters. The molecule has 8 atom stereocenters. The average Bonchev–Trinajstić information content (AvgIpc) is 3.76. The minimum absolute atomic E-state index is 0.0186. The normalized spacial score (nSPS) is 24.7. The molecule has 13 nitrogen and oxygen atoms in total. The highest BCUT2D eigenvalue weighted by Crippen LogP contribution is 2.54. The van der Waals surface area contributed by atoms with Crippen molar-refractivity contribution in [3.8, 4) is 33.6 Å². The van der Waals surface area contributed by atoms with Gasteiger partial charge in [0.2, 0.25) is 17.7 Å². The van der Waals surface area contributed by atoms with Crippen LogP contribution < -0.4 is 10.6 Å². The molecule has 2 aromatic heterocycles. The molecule has 2 saturated heterocycles. The lowest BCUT2D eigenvalue weighted by Gasteiger charge is -2.32. The first-order valence-corrected chi connectivity index (χ1v) is 19.5. The van der Waals surface area contributed by atoms with E-state index in [4.69, 9.17) is 14.7 Å². The summed E-state index contributed by atoms with van der Waals surface area (Å²) in [5.41, 5.74) is 5.91. The van der Waals surface area contributed by atoms with Gasteiger partial charge in [0.05, 0.1) is 43.0 Å². The molecule has 4 N–H and O–H groups in total. The molecule has 8 rings (SSSR count). The number of carbonyl (C=O) groups excluding carboxylic acids is 4. The summed E-state index contributed by atoms with van der Waals surface area (Å²) in [6.45, 7) is 9.22. The van der Waals surface area contributed by atoms with Crippen molar-refractivity contribution in [1.29, 1.82) is 0 Å². The Morgan fingerprint density at radius 1 is 0.655 bits per heavy atom. The lowest BCUT2D eigenvalue weighted by atomic mass is 10.0. The number of carbonyl (C=O) groups is 4. The van der Waals surface area contributed by atoms with Crippen LogP contribution in [0.2, 0.25) is 0 Å². The number of amides is 4. The number of likely N-dealkylation sites (tertiary alicyclic amines) is 2. The van der Waals surface area contributed by atoms with Gasteiger partial charge in [-0.1, -0.05) is 76.2 Å². The number of rotatable bonds is 11. The van der Waals surface area contributed by atoms with Crippen molar-refractivity contribution in [3.63, 3.8) is 0 Å². The summed E-state index contributed by atoms with van der Waals surface area (Å²) in [5.74, 6) is 2.03. The SMILES string of the molecule is COC(=O)N[C@H](C(=O)N1[C@@H]2C[C@@H]2C[C@H]1c1ncc(-c2ccc(-c3ccc(-c4cnc([C@@H]5C[C@H]6C[C@H]6N5C(=O)[C@@H](NC(C)=O)C(C)C)[nH]4)cc3)cc2)[nH]1)C(C)C. The summed E-state index contributed by atoms with van der Waals surface area (Å²) in [6, 6.07) is 15.5. The maximum atomic E-state index is 13.8. The van der Waals surface area contributed by atoms with E-state index >= 15 is 0 Å². The molecule has 0 spiro atoms. The number of ether oxygens (including phenoxy) is 1. The van der Waals surface area contributed by atoms with Gasteiger partial charge in [-0.15, -0.1) is 0 Å². The number of H-pyrrole nitrogens is 2. The lowest BCUT2D eigenvalue weighted by Crippen LogP contribution is -2.52. The summed E-state index contributed by atoms with van der Waals surface area (Å²) >= 11 is 0. The smallest absolute Gasteiger partial charge is 0.407 e. The van der Waals surface area contributed by atoms with Crippen LogP contribution in [-0.4, -0.2) is 84.8 Å². The molecule has 4 aliphatic rings. The third-order valence-corrected chi connectivity index (χ3v) is 11.9. The van der Waals surface area contributed by atoms with E-state index in [1.165, 1.54) is 14.0 Å². The Bertz CT molecular complexity index is 2090. The number of piperidine rings is 2. The van der Waals surface area contributed by atoms with Crippen LogP contribution in [-0.2, 0) is 19.1 Å². The zero-order valence-corrected chi connectivity index (χ0v) is 32.2. The number of nitrogens with one attached hydrogen (secondary N) is 4. The largest absolute Gasteiger partial charge is 0.453 e. The molecular weight excluding hydrogens is 697 g/mol. The van der Waals surface area contributed by atoms with Gasteiger partial charge in [0.1, 0.15) is 23.7 Å². The van der Waals surface area contributed by atoms with Crippen molar-refractivity contribution in [2.24, 2.45) is 23.7 Å². The van der Waals surface area contributed by atoms with Gasteiger partial charge in [0.25, 0.3) is 0 Å². The Labute approximate surface area is 321 Å². The van der Waals surface area contributed by atoms with E-state index in [1.54, 1.807) is 0 Å². The lowest BCUT2D eigenvalue weighted by molar-refractivity contribution is -0.139. The molecule has 4 amide bonds. The maximum absolute atomic E-state index is 13.8. The van der Waals surface area contributed by atoms with E-state index in [-0.39, 0.29) is 53.7 Å². The summed E-state index contributed by atoms with van der Waals surface area (Å²) < 4.78 is 4.79. The highest BCUT2D eigenvalue weighted by molar-refractivity contribution is 5.88. The number of hydrogen-bond acceptors (Lipinski definition) is 7. The minimum atomic E-state index is -0.673. The van der Waals surface area contributed by atoms with Gasteiger partial charge in [-0.3, -0.25) is 14.4 Å². The van der Waals surface area contributed by atoms with Crippen molar-refractivity contribution in [3.05, 3.63) is 72.6 Å². The van der Waals surface area contributed by atoms with Gasteiger partial charge in [-0.2, -0.15) is 0 Å². The van der Waals surface area contributed by atoms with Crippen LogP contribution in [0.3, 0.4) is 0 Å². The van der Waals surface area contributed by atoms with Crippen molar-refractivity contribution in [1.82, 2.24) is 40.4 Å². The van der Waals surface area contributed by atoms with Crippen molar-refractivity contribution < 1.29 is 23.9 Å². The van der Waals surface area contributed by atoms with Gasteiger partial charge >= 0.3 is 6.09 Å². The van der Waals surface area contributed by atoms with Gasteiger partial charge in [0, 0.05) is 19.0 Å². The van der Waals surface area contributed by atoms with Gasteiger partial charge < -0.3 is 35.1 Å². The van der Waals surface area contributed by atoms with Gasteiger partial charge in [-0.25, -0.2) is 14.8 Å². The molecular formula is C42H50N8O5. The third-order valence-electron chi connectivity index (χ3n) is 11.9. The second-order valence-corrected chi connectivity index (χ2v) is 16.4. The van der Waals surface area contributed by atoms with E-state index in [0.29, 0.717) is 11.8 Å². The molecule has 0 radical (unpaired) electrons. The summed E-state index contributed by atoms with van der Waals surface area (Å²) in [4.78, 5) is 71.7. The number of fused-ring (bicyclic) bond motifs is 2. The number of aromatic amines is 2. The molecule has 2 aliphatic heterocycles. The first-order valence-electron chi connectivity index (χ1n) is 19.5. The van der Waals surface area contributed by atoms with Crippen LogP contribution in [0.1, 0.15) is 84.0 Å². The van der Waals surface area contributed by atoms with Crippen LogP contribution in [0.5, 0.6) is 0 Å². The number of benzene rings is 2. The standard InChI is InChI=1S/C42H50N8O5/c1-21(2)36(45-23(5)51)40(52)49-32-15-28(32)17-34(49)38-43-19-30(46-38)26-11-7-24(8-12-26)25-9-13-27(14-10-25)31-20-44-39(47-31)35-18-29-16-33(29)50(35)41(53)37(22(3)4)48-42(54)55-6/h7-14,19-22,28-29,32-37H,15-18H2,1-6H3,(H,43,46)(H,44,47)(H,45,51)(H,48,54)/t28-,29-,32-,33-,34+,35+,36+,37+/m1/s1. The second-order valence-electron chi connectivity index (χ2n) is 16.4. The van der Waals surface area contributed by atoms with E-state index in [2.05, 4.69) is 69.1 Å². The molecule has 0 bridgehead atoms. The first-order chi connectivity index (χ1) is 26.4. The first kappa shape index (κ1) is 36.5. The molecule has 13 heteroatoms. The fraction of sp³-hybridized carbons (Fsp3) is 0.476. The highest BCUT2D eigenvalue weighted by Gasteiger charge is 2.57. The number of imidazole rings is 2. The quantitative estimate of drug-likeness (QED) is 0.146. The number of methoxy groups -OCH3 is 1. The molecule has 4 fully saturated rings. The van der Waals surface area contributed by atoms with Crippen molar-refractivity contribution in [2.45, 2.75) is 96.6 Å². The predicted molar refractivity (Wildman–Crippen MR) is 206 cm³/mol. The second kappa shape index (κ2) is 14.3. The molecule has 4 heterocycles. The maximum Gasteiger partial charge on any atom is 0.407 e. The molecule has 2 saturated carbocycles. The zero-order chi connectivity index (χ0) is 38.7. The monoisotopic (exact) mass is 746 g/mol. The number of alkyl carbamates (subject to hydrolysis) is 1. The predicted octanol–water partition coefficient (Wildman–Crippen LogP) is 6.00. The summed E-state index contributed by atoms with van der Waals surface area (Å²) in [5, 5.41) is 5.60. The third kappa shape index (κ3) is 7.00. The molecule has 55 heavy (non-hydrogen) atoms. The highest BCUT2D eigenvalue weighted by atomic mass is 16.5. The van der Waals surface area contributed by atoms with Crippen LogP contribution in [0, 0.1) is 23.7 Å². The van der Waals surface area contributed by atoms with Crippen LogP contribution in [0.4, 0.5) is 4.79 Å². The van der Waals surface area contributed by atoms with Crippen molar-refractivity contribution in [2.75, 3.05) is 7.11 Å². The Morgan fingerprint density at radius 2 is 1.05 bits per heavy atom. The molecule has 288 valence electrons. The topological polar surface area (TPSA) is 165 Å². The van der Waals surface area contributed by atoms with Crippen molar-refractivity contribution >= 4 is 23.8 Å².